The molecule has 0 aromatic carbocycles. The molecule has 2 aliphatic rings. The van der Waals surface area contributed by atoms with E-state index < -0.39 is 0 Å². The predicted molar refractivity (Wildman–Crippen MR) is 71.1 cm³/mol. The van der Waals surface area contributed by atoms with Gasteiger partial charge >= 0.3 is 0 Å². The summed E-state index contributed by atoms with van der Waals surface area (Å²) in [6.45, 7) is 4.84. The molecule has 1 aromatic rings. The van der Waals surface area contributed by atoms with E-state index in [1.54, 1.807) is 11.3 Å². The van der Waals surface area contributed by atoms with E-state index in [0.29, 0.717) is 0 Å². The van der Waals surface area contributed by atoms with E-state index in [-0.39, 0.29) is 0 Å². The van der Waals surface area contributed by atoms with E-state index >= 15 is 0 Å². The van der Waals surface area contributed by atoms with Crippen molar-refractivity contribution in [3.05, 3.63) is 16.6 Å². The molecule has 1 aromatic heterocycles. The van der Waals surface area contributed by atoms with Gasteiger partial charge in [0.1, 0.15) is 0 Å². The summed E-state index contributed by atoms with van der Waals surface area (Å²) < 4.78 is 0. The van der Waals surface area contributed by atoms with Gasteiger partial charge in [-0.05, 0) is 44.7 Å². The maximum absolute atomic E-state index is 4.18. The minimum atomic E-state index is 0.868. The summed E-state index contributed by atoms with van der Waals surface area (Å²) in [6, 6.07) is 0.868. The molecular formula is C13H21N3S. The van der Waals surface area contributed by atoms with Gasteiger partial charge in [-0.25, -0.2) is 0 Å². The Balaban J connectivity index is 1.56. The van der Waals surface area contributed by atoms with Crippen molar-refractivity contribution in [3.63, 3.8) is 0 Å². The lowest BCUT2D eigenvalue weighted by Gasteiger charge is -2.29. The molecule has 94 valence electrons. The Hall–Kier alpha value is -0.450. The van der Waals surface area contributed by atoms with Crippen molar-refractivity contribution in [1.82, 2.24) is 15.2 Å². The van der Waals surface area contributed by atoms with Crippen molar-refractivity contribution >= 4 is 11.3 Å². The summed E-state index contributed by atoms with van der Waals surface area (Å²) in [7, 11) is 0. The van der Waals surface area contributed by atoms with Gasteiger partial charge in [-0.3, -0.25) is 9.88 Å². The molecule has 0 spiro atoms. The second-order valence-electron chi connectivity index (χ2n) is 5.32. The van der Waals surface area contributed by atoms with E-state index in [1.807, 2.05) is 11.7 Å². The molecule has 1 aliphatic carbocycles. The van der Waals surface area contributed by atoms with Crippen molar-refractivity contribution in [2.24, 2.45) is 5.92 Å². The van der Waals surface area contributed by atoms with Crippen LogP contribution in [-0.2, 0) is 6.54 Å². The Morgan fingerprint density at radius 1 is 1.29 bits per heavy atom. The second kappa shape index (κ2) is 5.46. The number of hydrogen-bond acceptors (Lipinski definition) is 4. The van der Waals surface area contributed by atoms with Crippen LogP contribution in [0, 0.1) is 5.92 Å². The number of rotatable bonds is 5. The largest absolute Gasteiger partial charge is 0.317 e. The SMILES string of the molecule is c1ncc(CN(CC2CCNCC2)C2CC2)s1. The van der Waals surface area contributed by atoms with E-state index in [4.69, 9.17) is 0 Å². The predicted octanol–water partition coefficient (Wildman–Crippen LogP) is 2.11. The van der Waals surface area contributed by atoms with Crippen LogP contribution in [0.15, 0.2) is 11.7 Å². The fraction of sp³-hybridized carbons (Fsp3) is 0.769. The first-order valence-electron chi connectivity index (χ1n) is 6.74. The lowest BCUT2D eigenvalue weighted by atomic mass is 9.97. The topological polar surface area (TPSA) is 28.2 Å². The van der Waals surface area contributed by atoms with Crippen molar-refractivity contribution in [1.29, 1.82) is 0 Å². The van der Waals surface area contributed by atoms with Gasteiger partial charge in [0.05, 0.1) is 5.51 Å². The molecule has 0 atom stereocenters. The summed E-state index contributed by atoms with van der Waals surface area (Å²) in [4.78, 5) is 8.30. The zero-order valence-corrected chi connectivity index (χ0v) is 11.1. The fourth-order valence-electron chi connectivity index (χ4n) is 2.70. The molecule has 1 saturated carbocycles. The standard InChI is InChI=1S/C13H21N3S/c1-2-12(1)16(9-13-7-15-10-17-13)8-11-3-5-14-6-4-11/h7,10-12,14H,1-6,8-9H2. The molecule has 0 unspecified atom stereocenters. The van der Waals surface area contributed by atoms with Crippen molar-refractivity contribution in [2.45, 2.75) is 38.3 Å². The van der Waals surface area contributed by atoms with Crippen LogP contribution in [0.5, 0.6) is 0 Å². The van der Waals surface area contributed by atoms with Gasteiger partial charge < -0.3 is 5.32 Å². The summed E-state index contributed by atoms with van der Waals surface area (Å²) in [5, 5.41) is 3.45. The van der Waals surface area contributed by atoms with Gasteiger partial charge in [0.25, 0.3) is 0 Å². The Morgan fingerprint density at radius 3 is 2.76 bits per heavy atom. The molecule has 0 bridgehead atoms. The van der Waals surface area contributed by atoms with E-state index in [1.165, 1.54) is 50.2 Å². The maximum Gasteiger partial charge on any atom is 0.0794 e. The van der Waals surface area contributed by atoms with Crippen LogP contribution in [0.25, 0.3) is 0 Å². The normalized spacial score (nSPS) is 22.2. The van der Waals surface area contributed by atoms with Crippen LogP contribution in [-0.4, -0.2) is 35.6 Å². The molecule has 0 amide bonds. The Morgan fingerprint density at radius 2 is 2.12 bits per heavy atom. The third kappa shape index (κ3) is 3.27. The Kier molecular flexibility index (Phi) is 3.74. The van der Waals surface area contributed by atoms with Crippen LogP contribution in [0.4, 0.5) is 0 Å². The van der Waals surface area contributed by atoms with E-state index in [0.717, 1.165) is 18.5 Å². The van der Waals surface area contributed by atoms with Crippen LogP contribution in [0.3, 0.4) is 0 Å². The quantitative estimate of drug-likeness (QED) is 0.869. The first-order chi connectivity index (χ1) is 8.42. The minimum Gasteiger partial charge on any atom is -0.317 e. The molecular weight excluding hydrogens is 230 g/mol. The molecule has 1 saturated heterocycles. The maximum atomic E-state index is 4.18. The molecule has 1 N–H and O–H groups in total. The fourth-order valence-corrected chi connectivity index (χ4v) is 3.32. The summed E-state index contributed by atoms with van der Waals surface area (Å²) in [6.07, 6.45) is 7.55. The molecule has 1 aliphatic heterocycles. The highest BCUT2D eigenvalue weighted by Crippen LogP contribution is 2.30. The first kappa shape index (κ1) is 11.6. The minimum absolute atomic E-state index is 0.868. The van der Waals surface area contributed by atoms with Crippen LogP contribution in [0.1, 0.15) is 30.6 Å². The number of thiazole rings is 1. The Bertz CT molecular complexity index is 328. The number of nitrogens with zero attached hydrogens (tertiary/aromatic N) is 2. The third-order valence-corrected chi connectivity index (χ3v) is 4.62. The highest BCUT2D eigenvalue weighted by Gasteiger charge is 2.31. The first-order valence-corrected chi connectivity index (χ1v) is 7.62. The molecule has 2 fully saturated rings. The summed E-state index contributed by atoms with van der Waals surface area (Å²) >= 11 is 1.79. The van der Waals surface area contributed by atoms with Crippen molar-refractivity contribution in [2.75, 3.05) is 19.6 Å². The molecule has 2 heterocycles. The smallest absolute Gasteiger partial charge is 0.0794 e. The van der Waals surface area contributed by atoms with Gasteiger partial charge in [-0.2, -0.15) is 0 Å². The average Bonchev–Trinajstić information content (AvgIpc) is 3.09. The van der Waals surface area contributed by atoms with Crippen LogP contribution >= 0.6 is 11.3 Å². The van der Waals surface area contributed by atoms with E-state index in [2.05, 4.69) is 15.2 Å². The van der Waals surface area contributed by atoms with Gasteiger partial charge in [0, 0.05) is 30.2 Å². The number of hydrogen-bond donors (Lipinski definition) is 1. The Labute approximate surface area is 107 Å². The zero-order chi connectivity index (χ0) is 11.5. The van der Waals surface area contributed by atoms with E-state index in [9.17, 15) is 0 Å². The molecule has 3 nitrogen and oxygen atoms in total. The number of aromatic nitrogens is 1. The van der Waals surface area contributed by atoms with Crippen LogP contribution < -0.4 is 5.32 Å². The third-order valence-electron chi connectivity index (χ3n) is 3.86. The molecule has 17 heavy (non-hydrogen) atoms. The highest BCUT2D eigenvalue weighted by atomic mass is 32.1. The van der Waals surface area contributed by atoms with Gasteiger partial charge in [0.2, 0.25) is 0 Å². The average molecular weight is 251 g/mol. The zero-order valence-electron chi connectivity index (χ0n) is 10.3. The second-order valence-corrected chi connectivity index (χ2v) is 6.29. The lowest BCUT2D eigenvalue weighted by molar-refractivity contribution is 0.191. The van der Waals surface area contributed by atoms with Crippen LogP contribution in [0.2, 0.25) is 0 Å². The van der Waals surface area contributed by atoms with Crippen molar-refractivity contribution in [3.8, 4) is 0 Å². The molecule has 0 radical (unpaired) electrons. The van der Waals surface area contributed by atoms with Crippen molar-refractivity contribution < 1.29 is 0 Å². The van der Waals surface area contributed by atoms with Gasteiger partial charge in [0.15, 0.2) is 0 Å². The molecule has 4 heteroatoms. The monoisotopic (exact) mass is 251 g/mol. The van der Waals surface area contributed by atoms with Gasteiger partial charge in [-0.1, -0.05) is 0 Å². The molecule has 3 rings (SSSR count). The highest BCUT2D eigenvalue weighted by molar-refractivity contribution is 7.09. The summed E-state index contributed by atoms with van der Waals surface area (Å²) in [5.74, 6) is 0.907. The van der Waals surface area contributed by atoms with Gasteiger partial charge in [-0.15, -0.1) is 11.3 Å². The summed E-state index contributed by atoms with van der Waals surface area (Å²) in [5.41, 5.74) is 1.95. The lowest BCUT2D eigenvalue weighted by Crippen LogP contribution is -2.36. The number of piperidine rings is 1. The number of nitrogens with one attached hydrogen (secondary N) is 1.